The molecule has 0 aliphatic carbocycles. The van der Waals surface area contributed by atoms with Gasteiger partial charge in [-0.2, -0.15) is 0 Å². The molecule has 3 aromatic heterocycles. The minimum absolute atomic E-state index is 0.736. The lowest BCUT2D eigenvalue weighted by Crippen LogP contribution is -1.98. The molecule has 0 atom stereocenters. The number of thiophene rings is 1. The molecule has 4 rings (SSSR count). The number of hydrogen-bond acceptors (Lipinski definition) is 5. The molecule has 0 aliphatic rings. The van der Waals surface area contributed by atoms with Gasteiger partial charge in [-0.25, -0.2) is 9.97 Å². The van der Waals surface area contributed by atoms with E-state index in [1.165, 1.54) is 0 Å². The minimum Gasteiger partial charge on any atom is -0.338 e. The van der Waals surface area contributed by atoms with Crippen LogP contribution in [0.3, 0.4) is 0 Å². The van der Waals surface area contributed by atoms with E-state index in [1.807, 2.05) is 53.9 Å². The van der Waals surface area contributed by atoms with E-state index in [2.05, 4.69) is 15.3 Å². The molecular weight excluding hydrogens is 292 g/mol. The number of anilines is 2. The van der Waals surface area contributed by atoms with Gasteiger partial charge in [0.25, 0.3) is 0 Å². The van der Waals surface area contributed by atoms with Crippen LogP contribution in [-0.4, -0.2) is 15.0 Å². The smallest absolute Gasteiger partial charge is 0.172 e. The molecule has 1 aromatic carbocycles. The molecule has 22 heavy (non-hydrogen) atoms. The van der Waals surface area contributed by atoms with E-state index in [0.717, 1.165) is 33.1 Å². The summed E-state index contributed by atoms with van der Waals surface area (Å²) in [6, 6.07) is 15.9. The average Bonchev–Trinajstić information content (AvgIpc) is 3.10. The second-order valence-corrected chi connectivity index (χ2v) is 5.70. The zero-order valence-electron chi connectivity index (χ0n) is 11.6. The molecule has 0 amide bonds. The van der Waals surface area contributed by atoms with Crippen LogP contribution in [0, 0.1) is 0 Å². The van der Waals surface area contributed by atoms with E-state index in [4.69, 9.17) is 4.98 Å². The number of rotatable bonds is 3. The van der Waals surface area contributed by atoms with Crippen LogP contribution in [0.25, 0.3) is 21.6 Å². The lowest BCUT2D eigenvalue weighted by atomic mass is 10.2. The number of benzene rings is 1. The van der Waals surface area contributed by atoms with Crippen LogP contribution in [0.5, 0.6) is 0 Å². The van der Waals surface area contributed by atoms with Crippen molar-refractivity contribution in [2.24, 2.45) is 0 Å². The van der Waals surface area contributed by atoms with Gasteiger partial charge >= 0.3 is 0 Å². The third-order valence-corrected chi connectivity index (χ3v) is 4.13. The fourth-order valence-electron chi connectivity index (χ4n) is 2.26. The van der Waals surface area contributed by atoms with Crippen LogP contribution in [0.1, 0.15) is 0 Å². The van der Waals surface area contributed by atoms with Crippen LogP contribution in [0.2, 0.25) is 0 Å². The molecule has 106 valence electrons. The largest absolute Gasteiger partial charge is 0.338 e. The van der Waals surface area contributed by atoms with Gasteiger partial charge in [0.15, 0.2) is 5.82 Å². The van der Waals surface area contributed by atoms with Gasteiger partial charge in [-0.3, -0.25) is 4.98 Å². The van der Waals surface area contributed by atoms with Crippen LogP contribution < -0.4 is 5.32 Å². The predicted molar refractivity (Wildman–Crippen MR) is 90.4 cm³/mol. The van der Waals surface area contributed by atoms with Crippen molar-refractivity contribution in [3.63, 3.8) is 0 Å². The summed E-state index contributed by atoms with van der Waals surface area (Å²) in [6.45, 7) is 0. The van der Waals surface area contributed by atoms with E-state index in [0.29, 0.717) is 0 Å². The van der Waals surface area contributed by atoms with Crippen molar-refractivity contribution in [1.29, 1.82) is 0 Å². The maximum atomic E-state index is 4.70. The van der Waals surface area contributed by atoms with E-state index < -0.39 is 0 Å². The Morgan fingerprint density at radius 3 is 2.68 bits per heavy atom. The first-order chi connectivity index (χ1) is 10.9. The van der Waals surface area contributed by atoms with Crippen molar-refractivity contribution in [3.8, 4) is 10.7 Å². The van der Waals surface area contributed by atoms with Gasteiger partial charge in [-0.15, -0.1) is 11.3 Å². The van der Waals surface area contributed by atoms with Crippen LogP contribution in [0.4, 0.5) is 11.5 Å². The fraction of sp³-hybridized carbons (Fsp3) is 0. The van der Waals surface area contributed by atoms with E-state index >= 15 is 0 Å². The Bertz CT molecular complexity index is 905. The molecule has 0 saturated heterocycles. The zero-order chi connectivity index (χ0) is 14.8. The summed E-state index contributed by atoms with van der Waals surface area (Å²) in [5, 5.41) is 6.36. The third-order valence-electron chi connectivity index (χ3n) is 3.27. The summed E-state index contributed by atoms with van der Waals surface area (Å²) in [4.78, 5) is 14.5. The first kappa shape index (κ1) is 12.9. The van der Waals surface area contributed by atoms with Gasteiger partial charge in [0.1, 0.15) is 5.82 Å². The SMILES string of the molecule is c1cncc(Nc2nc(-c3cccs3)nc3ccccc23)c1. The Hall–Kier alpha value is -2.79. The molecule has 0 fully saturated rings. The first-order valence-corrected chi connectivity index (χ1v) is 7.76. The Morgan fingerprint density at radius 1 is 0.909 bits per heavy atom. The van der Waals surface area contributed by atoms with Gasteiger partial charge in [-0.1, -0.05) is 18.2 Å². The summed E-state index contributed by atoms with van der Waals surface area (Å²) in [6.07, 6.45) is 3.53. The Kier molecular flexibility index (Phi) is 3.25. The van der Waals surface area contributed by atoms with E-state index in [1.54, 1.807) is 23.7 Å². The highest BCUT2D eigenvalue weighted by molar-refractivity contribution is 7.13. The highest BCUT2D eigenvalue weighted by atomic mass is 32.1. The van der Waals surface area contributed by atoms with Gasteiger partial charge < -0.3 is 5.32 Å². The summed E-state index contributed by atoms with van der Waals surface area (Å²) >= 11 is 1.63. The third kappa shape index (κ3) is 2.42. The molecule has 0 unspecified atom stereocenters. The van der Waals surface area contributed by atoms with Gasteiger partial charge in [0, 0.05) is 11.6 Å². The Balaban J connectivity index is 1.88. The standard InChI is InChI=1S/C17H12N4S/c1-2-7-14-13(6-1)16(19-12-5-3-9-18-11-12)21-17(20-14)15-8-4-10-22-15/h1-11H,(H,19,20,21). The van der Waals surface area contributed by atoms with Crippen molar-refractivity contribution in [3.05, 3.63) is 66.3 Å². The molecule has 0 bridgehead atoms. The molecule has 0 radical (unpaired) electrons. The van der Waals surface area contributed by atoms with Gasteiger partial charge in [-0.05, 0) is 35.7 Å². The highest BCUT2D eigenvalue weighted by Gasteiger charge is 2.10. The monoisotopic (exact) mass is 304 g/mol. The van der Waals surface area contributed by atoms with Crippen molar-refractivity contribution in [2.45, 2.75) is 0 Å². The summed E-state index contributed by atoms with van der Waals surface area (Å²) < 4.78 is 0. The topological polar surface area (TPSA) is 50.7 Å². The first-order valence-electron chi connectivity index (χ1n) is 6.88. The lowest BCUT2D eigenvalue weighted by Gasteiger charge is -2.10. The number of para-hydroxylation sites is 1. The maximum absolute atomic E-state index is 4.70. The summed E-state index contributed by atoms with van der Waals surface area (Å²) in [5.41, 5.74) is 1.83. The molecule has 4 aromatic rings. The second kappa shape index (κ2) is 5.54. The summed E-state index contributed by atoms with van der Waals surface area (Å²) in [7, 11) is 0. The lowest BCUT2D eigenvalue weighted by molar-refractivity contribution is 1.23. The van der Waals surface area contributed by atoms with Crippen LogP contribution >= 0.6 is 11.3 Å². The number of hydrogen-bond donors (Lipinski definition) is 1. The molecule has 0 spiro atoms. The summed E-state index contributed by atoms with van der Waals surface area (Å²) in [5.74, 6) is 1.53. The van der Waals surface area contributed by atoms with Crippen molar-refractivity contribution >= 4 is 33.7 Å². The molecule has 3 heterocycles. The fourth-order valence-corrected chi connectivity index (χ4v) is 2.92. The molecule has 4 nitrogen and oxygen atoms in total. The second-order valence-electron chi connectivity index (χ2n) is 4.76. The molecule has 0 saturated carbocycles. The molecule has 0 aliphatic heterocycles. The van der Waals surface area contributed by atoms with Crippen molar-refractivity contribution < 1.29 is 0 Å². The van der Waals surface area contributed by atoms with Crippen LogP contribution in [-0.2, 0) is 0 Å². The van der Waals surface area contributed by atoms with E-state index in [9.17, 15) is 0 Å². The average molecular weight is 304 g/mol. The number of nitrogens with zero attached hydrogens (tertiary/aromatic N) is 3. The predicted octanol–water partition coefficient (Wildman–Crippen LogP) is 4.50. The molecular formula is C17H12N4S. The van der Waals surface area contributed by atoms with Crippen molar-refractivity contribution in [1.82, 2.24) is 15.0 Å². The Morgan fingerprint density at radius 2 is 1.86 bits per heavy atom. The quantitative estimate of drug-likeness (QED) is 0.605. The van der Waals surface area contributed by atoms with Gasteiger partial charge in [0.05, 0.1) is 22.3 Å². The number of fused-ring (bicyclic) bond motifs is 1. The molecule has 5 heteroatoms. The number of aromatic nitrogens is 3. The maximum Gasteiger partial charge on any atom is 0.172 e. The van der Waals surface area contributed by atoms with Gasteiger partial charge in [0.2, 0.25) is 0 Å². The number of pyridine rings is 1. The van der Waals surface area contributed by atoms with Crippen molar-refractivity contribution in [2.75, 3.05) is 5.32 Å². The van der Waals surface area contributed by atoms with Crippen LogP contribution in [0.15, 0.2) is 66.3 Å². The number of nitrogens with one attached hydrogen (secondary N) is 1. The normalized spacial score (nSPS) is 10.7. The zero-order valence-corrected chi connectivity index (χ0v) is 12.4. The minimum atomic E-state index is 0.736. The molecule has 1 N–H and O–H groups in total. The Labute approximate surface area is 131 Å². The van der Waals surface area contributed by atoms with E-state index in [-0.39, 0.29) is 0 Å². The highest BCUT2D eigenvalue weighted by Crippen LogP contribution is 2.28.